The van der Waals surface area contributed by atoms with Crippen molar-refractivity contribution in [1.82, 2.24) is 9.97 Å². The Bertz CT molecular complexity index is 1350. The van der Waals surface area contributed by atoms with Crippen LogP contribution >= 0.6 is 11.8 Å². The van der Waals surface area contributed by atoms with Gasteiger partial charge in [-0.05, 0) is 42.3 Å². The fraction of sp³-hybridized carbons (Fsp3) is 0.143. The second-order valence-corrected chi connectivity index (χ2v) is 8.89. The molecule has 4 rings (SSSR count). The van der Waals surface area contributed by atoms with E-state index in [4.69, 9.17) is 9.72 Å². The number of aryl methyl sites for hydroxylation is 1. The molecule has 0 aliphatic rings. The summed E-state index contributed by atoms with van der Waals surface area (Å²) in [6, 6.07) is 25.4. The molecule has 1 amide bonds. The predicted molar refractivity (Wildman–Crippen MR) is 139 cm³/mol. The van der Waals surface area contributed by atoms with Gasteiger partial charge in [0, 0.05) is 29.5 Å². The largest absolute Gasteiger partial charge is 0.497 e. The van der Waals surface area contributed by atoms with Gasteiger partial charge in [-0.3, -0.25) is 4.79 Å². The molecule has 35 heavy (non-hydrogen) atoms. The summed E-state index contributed by atoms with van der Waals surface area (Å²) in [6.07, 6.45) is 1.98. The van der Waals surface area contributed by atoms with Crippen LogP contribution in [0.25, 0.3) is 22.4 Å². The lowest BCUT2D eigenvalue weighted by Gasteiger charge is -2.13. The van der Waals surface area contributed by atoms with Gasteiger partial charge in [0.2, 0.25) is 5.91 Å². The van der Waals surface area contributed by atoms with E-state index in [1.165, 1.54) is 11.8 Å². The van der Waals surface area contributed by atoms with Crippen molar-refractivity contribution in [2.24, 2.45) is 0 Å². The van der Waals surface area contributed by atoms with Crippen molar-refractivity contribution in [3.63, 3.8) is 0 Å². The van der Waals surface area contributed by atoms with Gasteiger partial charge in [-0.1, -0.05) is 48.5 Å². The molecule has 0 aliphatic carbocycles. The molecular formula is C28H24N4O2S. The number of hydrogen-bond acceptors (Lipinski definition) is 6. The summed E-state index contributed by atoms with van der Waals surface area (Å²) in [5.41, 5.74) is 4.93. The van der Waals surface area contributed by atoms with E-state index in [2.05, 4.69) is 16.4 Å². The van der Waals surface area contributed by atoms with Crippen LogP contribution in [-0.2, 0) is 4.79 Å². The molecule has 6 nitrogen and oxygen atoms in total. The lowest BCUT2D eigenvalue weighted by atomic mass is 9.99. The normalized spacial score (nSPS) is 10.4. The molecule has 0 unspecified atom stereocenters. The second kappa shape index (κ2) is 11.3. The van der Waals surface area contributed by atoms with E-state index in [9.17, 15) is 10.1 Å². The molecule has 2 aromatic carbocycles. The maximum absolute atomic E-state index is 12.4. The molecule has 0 saturated heterocycles. The minimum absolute atomic E-state index is 0.137. The number of methoxy groups -OCH3 is 1. The summed E-state index contributed by atoms with van der Waals surface area (Å²) < 4.78 is 5.28. The average molecular weight is 481 g/mol. The number of hydrogen-bond donors (Lipinski definition) is 1. The van der Waals surface area contributed by atoms with Gasteiger partial charge in [-0.15, -0.1) is 11.8 Å². The van der Waals surface area contributed by atoms with Crippen LogP contribution in [0.5, 0.6) is 5.75 Å². The van der Waals surface area contributed by atoms with Gasteiger partial charge in [0.1, 0.15) is 22.7 Å². The SMILES string of the molecule is COc1ccc(-c2cc(-c3ccccc3)nc(SCCC(=O)Nc3ccc(C)cn3)c2C#N)cc1. The summed E-state index contributed by atoms with van der Waals surface area (Å²) in [5.74, 6) is 1.60. The van der Waals surface area contributed by atoms with E-state index in [1.807, 2.05) is 73.7 Å². The number of nitriles is 1. The molecule has 7 heteroatoms. The fourth-order valence-corrected chi connectivity index (χ4v) is 4.42. The molecule has 0 fully saturated rings. The first-order chi connectivity index (χ1) is 17.1. The Morgan fingerprint density at radius 1 is 1.06 bits per heavy atom. The number of carbonyl (C=O) groups is 1. The van der Waals surface area contributed by atoms with Crippen molar-refractivity contribution in [2.75, 3.05) is 18.2 Å². The van der Waals surface area contributed by atoms with Crippen LogP contribution in [0, 0.1) is 18.3 Å². The number of aromatic nitrogens is 2. The second-order valence-electron chi connectivity index (χ2n) is 7.81. The highest BCUT2D eigenvalue weighted by atomic mass is 32.2. The maximum Gasteiger partial charge on any atom is 0.226 e. The number of thioether (sulfide) groups is 1. The zero-order valence-corrected chi connectivity index (χ0v) is 20.3. The standard InChI is InChI=1S/C28H24N4O2S/c1-19-8-13-26(30-18-19)32-27(33)14-15-35-28-24(17-29)23(20-9-11-22(34-2)12-10-20)16-25(31-28)21-6-4-3-5-7-21/h3-13,16,18H,14-15H2,1-2H3,(H,30,32,33). The zero-order valence-electron chi connectivity index (χ0n) is 19.5. The van der Waals surface area contributed by atoms with Gasteiger partial charge in [-0.2, -0.15) is 5.26 Å². The molecule has 1 N–H and O–H groups in total. The smallest absolute Gasteiger partial charge is 0.226 e. The van der Waals surface area contributed by atoms with Crippen LogP contribution in [0.1, 0.15) is 17.5 Å². The number of benzene rings is 2. The number of carbonyl (C=O) groups excluding carboxylic acids is 1. The number of nitrogens with zero attached hydrogens (tertiary/aromatic N) is 3. The molecule has 0 bridgehead atoms. The van der Waals surface area contributed by atoms with Crippen LogP contribution in [0.2, 0.25) is 0 Å². The summed E-state index contributed by atoms with van der Waals surface area (Å²) >= 11 is 1.40. The summed E-state index contributed by atoms with van der Waals surface area (Å²) in [5, 5.41) is 13.4. The number of pyridine rings is 2. The average Bonchev–Trinajstić information content (AvgIpc) is 2.90. The van der Waals surface area contributed by atoms with E-state index >= 15 is 0 Å². The molecular weight excluding hydrogens is 456 g/mol. The maximum atomic E-state index is 12.4. The van der Waals surface area contributed by atoms with Crippen molar-refractivity contribution in [1.29, 1.82) is 5.26 Å². The van der Waals surface area contributed by atoms with E-state index in [1.54, 1.807) is 19.4 Å². The minimum atomic E-state index is -0.137. The predicted octanol–water partition coefficient (Wildman–Crippen LogP) is 6.12. The van der Waals surface area contributed by atoms with E-state index in [0.717, 1.165) is 33.7 Å². The molecule has 4 aromatic rings. The molecule has 0 atom stereocenters. The van der Waals surface area contributed by atoms with Gasteiger partial charge in [0.05, 0.1) is 18.4 Å². The van der Waals surface area contributed by atoms with Crippen LogP contribution in [0.3, 0.4) is 0 Å². The third-order valence-corrected chi connectivity index (χ3v) is 6.29. The fourth-order valence-electron chi connectivity index (χ4n) is 3.48. The van der Waals surface area contributed by atoms with Crippen LogP contribution < -0.4 is 10.1 Å². The molecule has 0 saturated carbocycles. The van der Waals surface area contributed by atoms with Crippen LogP contribution in [-0.4, -0.2) is 28.7 Å². The van der Waals surface area contributed by atoms with E-state index in [-0.39, 0.29) is 12.3 Å². The number of anilines is 1. The molecule has 0 spiro atoms. The molecule has 2 aromatic heterocycles. The van der Waals surface area contributed by atoms with E-state index in [0.29, 0.717) is 22.2 Å². The van der Waals surface area contributed by atoms with Crippen molar-refractivity contribution in [2.45, 2.75) is 18.4 Å². The van der Waals surface area contributed by atoms with E-state index < -0.39 is 0 Å². The molecule has 174 valence electrons. The quantitative estimate of drug-likeness (QED) is 0.306. The monoisotopic (exact) mass is 480 g/mol. The Hall–Kier alpha value is -4.15. The summed E-state index contributed by atoms with van der Waals surface area (Å²) in [6.45, 7) is 1.94. The minimum Gasteiger partial charge on any atom is -0.497 e. The van der Waals surface area contributed by atoms with Crippen LogP contribution in [0.15, 0.2) is 84.0 Å². The first-order valence-electron chi connectivity index (χ1n) is 11.1. The summed E-state index contributed by atoms with van der Waals surface area (Å²) in [4.78, 5) is 21.4. The van der Waals surface area contributed by atoms with Crippen LogP contribution in [0.4, 0.5) is 5.82 Å². The highest BCUT2D eigenvalue weighted by Crippen LogP contribution is 2.35. The van der Waals surface area contributed by atoms with Gasteiger partial charge in [0.25, 0.3) is 0 Å². The Morgan fingerprint density at radius 2 is 1.83 bits per heavy atom. The lowest BCUT2D eigenvalue weighted by molar-refractivity contribution is -0.115. The van der Waals surface area contributed by atoms with Gasteiger partial charge < -0.3 is 10.1 Å². The highest BCUT2D eigenvalue weighted by molar-refractivity contribution is 7.99. The zero-order chi connectivity index (χ0) is 24.6. The lowest BCUT2D eigenvalue weighted by Crippen LogP contribution is -2.13. The Morgan fingerprint density at radius 3 is 2.49 bits per heavy atom. The van der Waals surface area contributed by atoms with Crippen molar-refractivity contribution < 1.29 is 9.53 Å². The third kappa shape index (κ3) is 6.05. The molecule has 2 heterocycles. The van der Waals surface area contributed by atoms with Gasteiger partial charge >= 0.3 is 0 Å². The Balaban J connectivity index is 1.60. The number of nitrogens with one attached hydrogen (secondary N) is 1. The topological polar surface area (TPSA) is 87.9 Å². The van der Waals surface area contributed by atoms with Crippen molar-refractivity contribution >= 4 is 23.5 Å². The van der Waals surface area contributed by atoms with Gasteiger partial charge in [-0.25, -0.2) is 9.97 Å². The Kier molecular flexibility index (Phi) is 7.76. The molecule has 0 radical (unpaired) electrons. The number of rotatable bonds is 8. The van der Waals surface area contributed by atoms with Crippen molar-refractivity contribution in [3.8, 4) is 34.2 Å². The molecule has 0 aliphatic heterocycles. The number of amides is 1. The Labute approximate surface area is 209 Å². The van der Waals surface area contributed by atoms with Gasteiger partial charge in [0.15, 0.2) is 0 Å². The van der Waals surface area contributed by atoms with Crippen molar-refractivity contribution in [3.05, 3.63) is 90.1 Å². The third-order valence-electron chi connectivity index (χ3n) is 5.32. The first kappa shape index (κ1) is 24.0. The first-order valence-corrected chi connectivity index (χ1v) is 12.1. The summed E-state index contributed by atoms with van der Waals surface area (Å²) in [7, 11) is 1.62. The highest BCUT2D eigenvalue weighted by Gasteiger charge is 2.16. The number of ether oxygens (including phenoxy) is 1.